The zero-order valence-electron chi connectivity index (χ0n) is 16.3. The highest BCUT2D eigenvalue weighted by atomic mass is 16.5. The molecule has 30 heavy (non-hydrogen) atoms. The van der Waals surface area contributed by atoms with E-state index in [0.29, 0.717) is 5.76 Å². The molecule has 0 saturated carbocycles. The number of amides is 1. The van der Waals surface area contributed by atoms with Gasteiger partial charge in [-0.05, 0) is 40.3 Å². The zero-order chi connectivity index (χ0) is 20.9. The maximum Gasteiger partial charge on any atom is 0.407 e. The Bertz CT molecular complexity index is 1110. The number of benzene rings is 2. The van der Waals surface area contributed by atoms with E-state index in [2.05, 4.69) is 46.2 Å². The smallest absolute Gasteiger partial charge is 0.407 e. The van der Waals surface area contributed by atoms with Gasteiger partial charge >= 0.3 is 12.1 Å². The molecule has 0 radical (unpaired) electrons. The van der Waals surface area contributed by atoms with Gasteiger partial charge in [0.2, 0.25) is 5.76 Å². The van der Waals surface area contributed by atoms with Gasteiger partial charge < -0.3 is 19.2 Å². The number of carbonyl (C=O) groups is 2. The van der Waals surface area contributed by atoms with Gasteiger partial charge in [-0.1, -0.05) is 54.5 Å². The first kappa shape index (κ1) is 19.3. The van der Waals surface area contributed by atoms with Gasteiger partial charge in [-0.3, -0.25) is 0 Å². The maximum atomic E-state index is 12.1. The number of ether oxygens (including phenoxy) is 2. The number of hydrogen-bond acceptors (Lipinski definition) is 5. The number of hydrogen-bond donors (Lipinski definition) is 1. The highest BCUT2D eigenvalue weighted by Crippen LogP contribution is 2.44. The summed E-state index contributed by atoms with van der Waals surface area (Å²) >= 11 is 0. The van der Waals surface area contributed by atoms with E-state index < -0.39 is 12.1 Å². The molecule has 2 aromatic carbocycles. The molecule has 1 N–H and O–H groups in total. The third-order valence-electron chi connectivity index (χ3n) is 4.87. The number of carbonyl (C=O) groups excluding carboxylic acids is 2. The van der Waals surface area contributed by atoms with Crippen molar-refractivity contribution in [2.45, 2.75) is 5.92 Å². The van der Waals surface area contributed by atoms with E-state index in [1.165, 1.54) is 24.3 Å². The van der Waals surface area contributed by atoms with Crippen molar-refractivity contribution in [3.8, 4) is 23.0 Å². The predicted molar refractivity (Wildman–Crippen MR) is 110 cm³/mol. The lowest BCUT2D eigenvalue weighted by atomic mass is 9.98. The molecule has 150 valence electrons. The largest absolute Gasteiger partial charge is 0.463 e. The van der Waals surface area contributed by atoms with Crippen LogP contribution in [0.15, 0.2) is 65.1 Å². The lowest BCUT2D eigenvalue weighted by Crippen LogP contribution is -2.26. The summed E-state index contributed by atoms with van der Waals surface area (Å²) in [6, 6.07) is 19.4. The molecule has 0 saturated heterocycles. The molecule has 0 spiro atoms. The van der Waals surface area contributed by atoms with Crippen LogP contribution in [0.2, 0.25) is 0 Å². The fourth-order valence-corrected chi connectivity index (χ4v) is 3.51. The SMILES string of the molecule is COC(=O)c1ccc(C#CCNC(=O)OCC2c3ccccc3-c3ccccc32)o1. The number of alkyl carbamates (subject to hydrolysis) is 1. The van der Waals surface area contributed by atoms with Crippen molar-refractivity contribution in [2.24, 2.45) is 0 Å². The average Bonchev–Trinajstić information content (AvgIpc) is 3.38. The summed E-state index contributed by atoms with van der Waals surface area (Å²) in [5.74, 6) is 5.31. The second-order valence-corrected chi connectivity index (χ2v) is 6.64. The van der Waals surface area contributed by atoms with Crippen LogP contribution in [0.25, 0.3) is 11.1 Å². The van der Waals surface area contributed by atoms with Gasteiger partial charge in [-0.25, -0.2) is 9.59 Å². The minimum atomic E-state index is -0.570. The molecule has 6 heteroatoms. The van der Waals surface area contributed by atoms with Gasteiger partial charge in [0.15, 0.2) is 5.76 Å². The summed E-state index contributed by atoms with van der Waals surface area (Å²) < 4.78 is 15.2. The van der Waals surface area contributed by atoms with Crippen molar-refractivity contribution in [2.75, 3.05) is 20.3 Å². The number of furan rings is 1. The molecule has 0 unspecified atom stereocenters. The molecule has 4 rings (SSSR count). The van der Waals surface area contributed by atoms with E-state index >= 15 is 0 Å². The highest BCUT2D eigenvalue weighted by Gasteiger charge is 2.28. The van der Waals surface area contributed by atoms with Crippen LogP contribution in [0, 0.1) is 11.8 Å². The van der Waals surface area contributed by atoms with Gasteiger partial charge in [0.1, 0.15) is 6.61 Å². The summed E-state index contributed by atoms with van der Waals surface area (Å²) in [6.45, 7) is 0.332. The minimum absolute atomic E-state index is 0.00842. The molecule has 1 amide bonds. The van der Waals surface area contributed by atoms with Gasteiger partial charge in [-0.2, -0.15) is 0 Å². The normalized spacial score (nSPS) is 11.6. The Labute approximate surface area is 173 Å². The van der Waals surface area contributed by atoms with E-state index in [1.54, 1.807) is 6.07 Å². The molecule has 6 nitrogen and oxygen atoms in total. The quantitative estimate of drug-likeness (QED) is 0.529. The van der Waals surface area contributed by atoms with E-state index in [0.717, 1.165) is 11.1 Å². The summed E-state index contributed by atoms with van der Waals surface area (Å²) in [6.07, 6.45) is -0.541. The predicted octanol–water partition coefficient (Wildman–Crippen LogP) is 3.96. The van der Waals surface area contributed by atoms with Crippen LogP contribution in [-0.2, 0) is 9.47 Å². The molecule has 1 heterocycles. The molecule has 1 aromatic heterocycles. The third-order valence-corrected chi connectivity index (χ3v) is 4.87. The molecule has 0 aliphatic heterocycles. The van der Waals surface area contributed by atoms with Crippen LogP contribution in [0.3, 0.4) is 0 Å². The van der Waals surface area contributed by atoms with Crippen molar-refractivity contribution >= 4 is 12.1 Å². The average molecular weight is 401 g/mol. The number of fused-ring (bicyclic) bond motifs is 3. The topological polar surface area (TPSA) is 77.8 Å². The summed E-state index contributed by atoms with van der Waals surface area (Å²) in [5, 5.41) is 2.60. The molecular weight excluding hydrogens is 382 g/mol. The van der Waals surface area contributed by atoms with Crippen molar-refractivity contribution in [1.82, 2.24) is 5.32 Å². The van der Waals surface area contributed by atoms with Gasteiger partial charge in [0.05, 0.1) is 13.7 Å². The van der Waals surface area contributed by atoms with E-state index in [-0.39, 0.29) is 24.8 Å². The number of methoxy groups -OCH3 is 1. The second-order valence-electron chi connectivity index (χ2n) is 6.64. The molecule has 0 bridgehead atoms. The Kier molecular flexibility index (Phi) is 5.53. The number of nitrogens with one attached hydrogen (secondary N) is 1. The Hall–Kier alpha value is -3.98. The molecule has 3 aromatic rings. The standard InChI is InChI=1S/C24H19NO5/c1-28-23(26)22-13-12-16(30-22)7-6-14-25-24(27)29-15-21-19-10-4-2-8-17(19)18-9-3-5-11-20(18)21/h2-5,8-13,21H,14-15H2,1H3,(H,25,27). The molecule has 1 aliphatic carbocycles. The van der Waals surface area contributed by atoms with E-state index in [9.17, 15) is 9.59 Å². The first-order valence-electron chi connectivity index (χ1n) is 9.43. The molecule has 0 fully saturated rings. The fraction of sp³-hybridized carbons (Fsp3) is 0.167. The highest BCUT2D eigenvalue weighted by molar-refractivity contribution is 5.86. The first-order valence-corrected chi connectivity index (χ1v) is 9.43. The fourth-order valence-electron chi connectivity index (χ4n) is 3.51. The zero-order valence-corrected chi connectivity index (χ0v) is 16.3. The van der Waals surface area contributed by atoms with Crippen molar-refractivity contribution in [3.05, 3.63) is 83.3 Å². The lowest BCUT2D eigenvalue weighted by molar-refractivity contribution is 0.0564. The monoisotopic (exact) mass is 401 g/mol. The molecule has 0 atom stereocenters. The maximum absolute atomic E-state index is 12.1. The van der Waals surface area contributed by atoms with Crippen LogP contribution in [0.1, 0.15) is 33.4 Å². The Morgan fingerprint density at radius 3 is 2.33 bits per heavy atom. The minimum Gasteiger partial charge on any atom is -0.463 e. The van der Waals surface area contributed by atoms with Gasteiger partial charge in [0.25, 0.3) is 0 Å². The van der Waals surface area contributed by atoms with Crippen LogP contribution in [0.5, 0.6) is 0 Å². The summed E-state index contributed by atoms with van der Waals surface area (Å²) in [7, 11) is 1.27. The summed E-state index contributed by atoms with van der Waals surface area (Å²) in [5.41, 5.74) is 4.67. The number of rotatable bonds is 4. The summed E-state index contributed by atoms with van der Waals surface area (Å²) in [4.78, 5) is 23.4. The Morgan fingerprint density at radius 2 is 1.67 bits per heavy atom. The second kappa shape index (κ2) is 8.58. The van der Waals surface area contributed by atoms with Crippen molar-refractivity contribution in [3.63, 3.8) is 0 Å². The Balaban J connectivity index is 1.32. The van der Waals surface area contributed by atoms with Crippen molar-refractivity contribution in [1.29, 1.82) is 0 Å². The van der Waals surface area contributed by atoms with Crippen LogP contribution >= 0.6 is 0 Å². The van der Waals surface area contributed by atoms with Gasteiger partial charge in [0, 0.05) is 5.92 Å². The van der Waals surface area contributed by atoms with Crippen LogP contribution in [-0.4, -0.2) is 32.3 Å². The molecular formula is C24H19NO5. The van der Waals surface area contributed by atoms with Gasteiger partial charge in [-0.15, -0.1) is 0 Å². The first-order chi connectivity index (χ1) is 14.7. The third kappa shape index (κ3) is 3.91. The van der Waals surface area contributed by atoms with E-state index in [1.807, 2.05) is 24.3 Å². The van der Waals surface area contributed by atoms with Crippen LogP contribution < -0.4 is 5.32 Å². The van der Waals surface area contributed by atoms with Crippen LogP contribution in [0.4, 0.5) is 4.79 Å². The number of esters is 1. The molecule has 1 aliphatic rings. The Morgan fingerprint density at radius 1 is 1.00 bits per heavy atom. The van der Waals surface area contributed by atoms with Crippen molar-refractivity contribution < 1.29 is 23.5 Å². The van der Waals surface area contributed by atoms with E-state index in [4.69, 9.17) is 9.15 Å². The lowest BCUT2D eigenvalue weighted by Gasteiger charge is -2.14.